The van der Waals surface area contributed by atoms with Crippen molar-refractivity contribution in [3.8, 4) is 0 Å². The molecule has 4 rings (SSSR count). The van der Waals surface area contributed by atoms with Crippen molar-refractivity contribution in [1.29, 1.82) is 0 Å². The fourth-order valence-corrected chi connectivity index (χ4v) is 4.38. The first-order valence-corrected chi connectivity index (χ1v) is 9.94. The molecule has 2 aromatic carbocycles. The van der Waals surface area contributed by atoms with Crippen LogP contribution in [-0.4, -0.2) is 41.9 Å². The molecule has 1 atom stereocenters. The number of hydrogen-bond acceptors (Lipinski definition) is 2. The Morgan fingerprint density at radius 3 is 2.46 bits per heavy atom. The van der Waals surface area contributed by atoms with Crippen LogP contribution in [0.5, 0.6) is 0 Å². The lowest BCUT2D eigenvalue weighted by molar-refractivity contribution is -0.132. The lowest BCUT2D eigenvalue weighted by atomic mass is 9.84. The van der Waals surface area contributed by atoms with Crippen LogP contribution in [0, 0.1) is 0 Å². The number of rotatable bonds is 4. The Kier molecular flexibility index (Phi) is 5.35. The van der Waals surface area contributed by atoms with E-state index in [1.54, 1.807) is 0 Å². The summed E-state index contributed by atoms with van der Waals surface area (Å²) in [5.41, 5.74) is 4.21. The molecule has 3 nitrogen and oxygen atoms in total. The molecule has 0 radical (unpaired) electrons. The van der Waals surface area contributed by atoms with E-state index in [9.17, 15) is 4.79 Å². The predicted molar refractivity (Wildman–Crippen MR) is 105 cm³/mol. The zero-order valence-corrected chi connectivity index (χ0v) is 15.4. The molecule has 3 heteroatoms. The quantitative estimate of drug-likeness (QED) is 0.833. The van der Waals surface area contributed by atoms with Gasteiger partial charge >= 0.3 is 0 Å². The minimum Gasteiger partial charge on any atom is -0.343 e. The summed E-state index contributed by atoms with van der Waals surface area (Å²) >= 11 is 0. The second-order valence-corrected chi connectivity index (χ2v) is 7.59. The summed E-state index contributed by atoms with van der Waals surface area (Å²) in [6.45, 7) is 4.71. The zero-order valence-electron chi connectivity index (χ0n) is 15.4. The molecule has 2 aromatic rings. The normalized spacial score (nSPS) is 20.6. The van der Waals surface area contributed by atoms with Crippen LogP contribution in [0.15, 0.2) is 54.6 Å². The van der Waals surface area contributed by atoms with Gasteiger partial charge in [-0.1, -0.05) is 54.6 Å². The molecule has 0 aromatic heterocycles. The number of carbonyl (C=O) groups excluding carboxylic acids is 1. The molecular weight excluding hydrogens is 320 g/mol. The fourth-order valence-electron chi connectivity index (χ4n) is 4.38. The van der Waals surface area contributed by atoms with Gasteiger partial charge in [-0.25, -0.2) is 0 Å². The lowest BCUT2D eigenvalue weighted by Gasteiger charge is -2.35. The summed E-state index contributed by atoms with van der Waals surface area (Å²) in [7, 11) is 0. The SMILES string of the molecule is O=C(CCN1Cc2ccccc2[C@H](c2ccccc2)C1)N1CCCCC1. The fraction of sp³-hybridized carbons (Fsp3) is 0.435. The predicted octanol–water partition coefficient (Wildman–Crippen LogP) is 4.04. The second-order valence-electron chi connectivity index (χ2n) is 7.59. The van der Waals surface area contributed by atoms with E-state index in [-0.39, 0.29) is 0 Å². The van der Waals surface area contributed by atoms with Crippen molar-refractivity contribution in [3.63, 3.8) is 0 Å². The third-order valence-electron chi connectivity index (χ3n) is 5.82. The standard InChI is InChI=1S/C23H28N2O/c26-23(25-14-7-2-8-15-25)13-16-24-17-20-11-5-6-12-21(20)22(18-24)19-9-3-1-4-10-19/h1,3-6,9-12,22H,2,7-8,13-18H2/t22-/m0/s1. The van der Waals surface area contributed by atoms with Crippen LogP contribution in [0.1, 0.15) is 48.3 Å². The van der Waals surface area contributed by atoms with Crippen LogP contribution in [0.2, 0.25) is 0 Å². The van der Waals surface area contributed by atoms with Gasteiger partial charge in [0.2, 0.25) is 5.91 Å². The smallest absolute Gasteiger partial charge is 0.223 e. The van der Waals surface area contributed by atoms with E-state index in [0.29, 0.717) is 18.2 Å². The number of piperidine rings is 1. The van der Waals surface area contributed by atoms with Crippen molar-refractivity contribution < 1.29 is 4.79 Å². The summed E-state index contributed by atoms with van der Waals surface area (Å²) in [4.78, 5) is 17.1. The number of likely N-dealkylation sites (tertiary alicyclic amines) is 1. The van der Waals surface area contributed by atoms with Gasteiger partial charge in [-0.2, -0.15) is 0 Å². The molecule has 2 aliphatic heterocycles. The third kappa shape index (κ3) is 3.83. The van der Waals surface area contributed by atoms with Gasteiger partial charge in [-0.3, -0.25) is 9.69 Å². The molecule has 2 aliphatic rings. The van der Waals surface area contributed by atoms with Gasteiger partial charge < -0.3 is 4.90 Å². The number of benzene rings is 2. The van der Waals surface area contributed by atoms with Gasteiger partial charge in [-0.15, -0.1) is 0 Å². The third-order valence-corrected chi connectivity index (χ3v) is 5.82. The summed E-state index contributed by atoms with van der Waals surface area (Å²) < 4.78 is 0. The Morgan fingerprint density at radius 2 is 1.65 bits per heavy atom. The molecule has 1 amide bonds. The van der Waals surface area contributed by atoms with E-state index in [4.69, 9.17) is 0 Å². The van der Waals surface area contributed by atoms with Crippen molar-refractivity contribution in [1.82, 2.24) is 9.80 Å². The molecule has 26 heavy (non-hydrogen) atoms. The summed E-state index contributed by atoms with van der Waals surface area (Å²) in [6, 6.07) is 19.6. The Morgan fingerprint density at radius 1 is 0.923 bits per heavy atom. The van der Waals surface area contributed by atoms with Crippen LogP contribution in [-0.2, 0) is 11.3 Å². The minimum atomic E-state index is 0.333. The Balaban J connectivity index is 1.46. The highest BCUT2D eigenvalue weighted by atomic mass is 16.2. The molecule has 1 saturated heterocycles. The number of amides is 1. The first kappa shape index (κ1) is 17.3. The Labute approximate surface area is 156 Å². The van der Waals surface area contributed by atoms with Gasteiger partial charge in [-0.05, 0) is 36.0 Å². The topological polar surface area (TPSA) is 23.6 Å². The van der Waals surface area contributed by atoms with E-state index >= 15 is 0 Å². The molecule has 0 spiro atoms. The van der Waals surface area contributed by atoms with Crippen molar-refractivity contribution in [2.75, 3.05) is 26.2 Å². The number of fused-ring (bicyclic) bond motifs is 1. The minimum absolute atomic E-state index is 0.333. The molecular formula is C23H28N2O. The molecule has 0 bridgehead atoms. The maximum absolute atomic E-state index is 12.5. The first-order chi connectivity index (χ1) is 12.8. The van der Waals surface area contributed by atoms with Gasteiger partial charge in [0.1, 0.15) is 0 Å². The molecule has 0 aliphatic carbocycles. The summed E-state index contributed by atoms with van der Waals surface area (Å²) in [6.07, 6.45) is 4.24. The molecule has 0 N–H and O–H groups in total. The van der Waals surface area contributed by atoms with Crippen molar-refractivity contribution in [2.45, 2.75) is 38.1 Å². The van der Waals surface area contributed by atoms with Crippen molar-refractivity contribution in [2.24, 2.45) is 0 Å². The highest BCUT2D eigenvalue weighted by Gasteiger charge is 2.27. The number of nitrogens with zero attached hydrogens (tertiary/aromatic N) is 2. The molecule has 136 valence electrons. The largest absolute Gasteiger partial charge is 0.343 e. The van der Waals surface area contributed by atoms with Crippen LogP contribution in [0.4, 0.5) is 0 Å². The van der Waals surface area contributed by atoms with Crippen LogP contribution < -0.4 is 0 Å². The summed E-state index contributed by atoms with van der Waals surface area (Å²) in [5.74, 6) is 0.728. The highest BCUT2D eigenvalue weighted by Crippen LogP contribution is 2.33. The number of carbonyl (C=O) groups is 1. The maximum Gasteiger partial charge on any atom is 0.223 e. The van der Waals surface area contributed by atoms with Crippen LogP contribution >= 0.6 is 0 Å². The van der Waals surface area contributed by atoms with Crippen molar-refractivity contribution >= 4 is 5.91 Å². The molecule has 0 saturated carbocycles. The zero-order chi connectivity index (χ0) is 17.8. The van der Waals surface area contributed by atoms with E-state index in [2.05, 4.69) is 64.4 Å². The van der Waals surface area contributed by atoms with Crippen molar-refractivity contribution in [3.05, 3.63) is 71.3 Å². The van der Waals surface area contributed by atoms with E-state index in [1.807, 2.05) is 0 Å². The molecule has 0 unspecified atom stereocenters. The molecule has 1 fully saturated rings. The van der Waals surface area contributed by atoms with Crippen LogP contribution in [0.25, 0.3) is 0 Å². The Hall–Kier alpha value is -2.13. The second kappa shape index (κ2) is 8.05. The number of hydrogen-bond donors (Lipinski definition) is 0. The average Bonchev–Trinajstić information content (AvgIpc) is 2.72. The highest BCUT2D eigenvalue weighted by molar-refractivity contribution is 5.76. The van der Waals surface area contributed by atoms with Gasteiger partial charge in [0.25, 0.3) is 0 Å². The van der Waals surface area contributed by atoms with E-state index in [0.717, 1.165) is 32.7 Å². The lowest BCUT2D eigenvalue weighted by Crippen LogP contribution is -2.40. The first-order valence-electron chi connectivity index (χ1n) is 9.94. The van der Waals surface area contributed by atoms with Gasteiger partial charge in [0, 0.05) is 45.1 Å². The monoisotopic (exact) mass is 348 g/mol. The summed E-state index contributed by atoms with van der Waals surface area (Å²) in [5, 5.41) is 0. The van der Waals surface area contributed by atoms with Gasteiger partial charge in [0.05, 0.1) is 0 Å². The Bertz CT molecular complexity index is 737. The van der Waals surface area contributed by atoms with E-state index < -0.39 is 0 Å². The van der Waals surface area contributed by atoms with Crippen LogP contribution in [0.3, 0.4) is 0 Å². The average molecular weight is 348 g/mol. The maximum atomic E-state index is 12.5. The molecule has 2 heterocycles. The van der Waals surface area contributed by atoms with E-state index in [1.165, 1.54) is 36.0 Å². The van der Waals surface area contributed by atoms with Gasteiger partial charge in [0.15, 0.2) is 0 Å².